The summed E-state index contributed by atoms with van der Waals surface area (Å²) in [4.78, 5) is 15.7. The summed E-state index contributed by atoms with van der Waals surface area (Å²) in [5.41, 5.74) is 1.62. The van der Waals surface area contributed by atoms with Gasteiger partial charge in [-0.15, -0.1) is 0 Å². The molecule has 1 heterocycles. The SMILES string of the molecule is C=CC(=O)N1CCN(C2CC2)c2cc(F)ccc21. The van der Waals surface area contributed by atoms with Gasteiger partial charge in [0.1, 0.15) is 5.82 Å². The molecule has 1 aromatic rings. The van der Waals surface area contributed by atoms with Gasteiger partial charge in [0.15, 0.2) is 0 Å². The second-order valence-electron chi connectivity index (χ2n) is 4.75. The smallest absolute Gasteiger partial charge is 0.250 e. The summed E-state index contributed by atoms with van der Waals surface area (Å²) in [6.45, 7) is 4.92. The van der Waals surface area contributed by atoms with Gasteiger partial charge in [-0.1, -0.05) is 6.58 Å². The first-order valence-electron chi connectivity index (χ1n) is 6.21. The maximum Gasteiger partial charge on any atom is 0.250 e. The molecule has 1 amide bonds. The molecule has 0 N–H and O–H groups in total. The largest absolute Gasteiger partial charge is 0.365 e. The Morgan fingerprint density at radius 3 is 2.78 bits per heavy atom. The lowest BCUT2D eigenvalue weighted by Crippen LogP contribution is -2.44. The van der Waals surface area contributed by atoms with E-state index in [-0.39, 0.29) is 11.7 Å². The van der Waals surface area contributed by atoms with Gasteiger partial charge in [0.25, 0.3) is 5.91 Å². The zero-order valence-corrected chi connectivity index (χ0v) is 10.1. The summed E-state index contributed by atoms with van der Waals surface area (Å²) in [6.07, 6.45) is 3.62. The van der Waals surface area contributed by atoms with Crippen molar-refractivity contribution in [2.45, 2.75) is 18.9 Å². The molecule has 94 valence electrons. The van der Waals surface area contributed by atoms with Gasteiger partial charge < -0.3 is 9.80 Å². The van der Waals surface area contributed by atoms with E-state index in [1.807, 2.05) is 0 Å². The van der Waals surface area contributed by atoms with Crippen LogP contribution in [0.3, 0.4) is 0 Å². The summed E-state index contributed by atoms with van der Waals surface area (Å²) >= 11 is 0. The molecule has 2 aliphatic rings. The van der Waals surface area contributed by atoms with Crippen LogP contribution in [-0.2, 0) is 4.79 Å². The number of fused-ring (bicyclic) bond motifs is 1. The maximum absolute atomic E-state index is 13.4. The topological polar surface area (TPSA) is 23.6 Å². The van der Waals surface area contributed by atoms with Crippen LogP contribution >= 0.6 is 0 Å². The van der Waals surface area contributed by atoms with Crippen molar-refractivity contribution in [3.8, 4) is 0 Å². The number of benzene rings is 1. The van der Waals surface area contributed by atoms with Gasteiger partial charge in [-0.25, -0.2) is 4.39 Å². The van der Waals surface area contributed by atoms with Crippen LogP contribution in [0, 0.1) is 5.82 Å². The molecule has 0 aromatic heterocycles. The van der Waals surface area contributed by atoms with Crippen LogP contribution in [0.4, 0.5) is 15.8 Å². The van der Waals surface area contributed by atoms with Crippen molar-refractivity contribution in [2.24, 2.45) is 0 Å². The number of anilines is 2. The lowest BCUT2D eigenvalue weighted by molar-refractivity contribution is -0.114. The highest BCUT2D eigenvalue weighted by Crippen LogP contribution is 2.40. The highest BCUT2D eigenvalue weighted by molar-refractivity contribution is 6.04. The number of nitrogens with zero attached hydrogens (tertiary/aromatic N) is 2. The molecule has 0 saturated heterocycles. The van der Waals surface area contributed by atoms with E-state index in [2.05, 4.69) is 11.5 Å². The van der Waals surface area contributed by atoms with Crippen LogP contribution in [0.5, 0.6) is 0 Å². The van der Waals surface area contributed by atoms with Crippen molar-refractivity contribution >= 4 is 17.3 Å². The zero-order chi connectivity index (χ0) is 12.7. The molecule has 1 saturated carbocycles. The Hall–Kier alpha value is -1.84. The molecule has 1 aromatic carbocycles. The van der Waals surface area contributed by atoms with Gasteiger partial charge in [0.05, 0.1) is 11.4 Å². The highest BCUT2D eigenvalue weighted by Gasteiger charge is 2.35. The van der Waals surface area contributed by atoms with Crippen molar-refractivity contribution in [3.05, 3.63) is 36.7 Å². The van der Waals surface area contributed by atoms with Gasteiger partial charge in [-0.2, -0.15) is 0 Å². The van der Waals surface area contributed by atoms with Crippen LogP contribution in [0.1, 0.15) is 12.8 Å². The molecule has 0 unspecified atom stereocenters. The number of rotatable bonds is 2. The second-order valence-corrected chi connectivity index (χ2v) is 4.75. The van der Waals surface area contributed by atoms with E-state index in [1.54, 1.807) is 11.0 Å². The monoisotopic (exact) mass is 246 g/mol. The molecule has 4 heteroatoms. The Labute approximate surface area is 105 Å². The van der Waals surface area contributed by atoms with E-state index < -0.39 is 0 Å². The van der Waals surface area contributed by atoms with E-state index in [4.69, 9.17) is 0 Å². The van der Waals surface area contributed by atoms with Gasteiger partial charge in [0, 0.05) is 19.1 Å². The minimum atomic E-state index is -0.257. The van der Waals surface area contributed by atoms with Crippen LogP contribution in [0.2, 0.25) is 0 Å². The fraction of sp³-hybridized carbons (Fsp3) is 0.357. The first-order chi connectivity index (χ1) is 8.70. The quantitative estimate of drug-likeness (QED) is 0.748. The Kier molecular flexibility index (Phi) is 2.58. The summed E-state index contributed by atoms with van der Waals surface area (Å²) in [5.74, 6) is -0.384. The van der Waals surface area contributed by atoms with Crippen LogP contribution < -0.4 is 9.80 Å². The molecular formula is C14H15FN2O. The van der Waals surface area contributed by atoms with E-state index >= 15 is 0 Å². The molecule has 1 aliphatic heterocycles. The maximum atomic E-state index is 13.4. The molecular weight excluding hydrogens is 231 g/mol. The standard InChI is InChI=1S/C14H15FN2O/c1-2-14(18)17-8-7-16(11-4-5-11)13-9-10(15)3-6-12(13)17/h2-3,6,9,11H,1,4-5,7-8H2. The average molecular weight is 246 g/mol. The molecule has 1 fully saturated rings. The summed E-state index contributed by atoms with van der Waals surface area (Å²) in [7, 11) is 0. The average Bonchev–Trinajstić information content (AvgIpc) is 3.20. The van der Waals surface area contributed by atoms with E-state index in [0.29, 0.717) is 12.6 Å². The summed E-state index contributed by atoms with van der Waals surface area (Å²) < 4.78 is 13.4. The Morgan fingerprint density at radius 1 is 1.33 bits per heavy atom. The van der Waals surface area contributed by atoms with Crippen LogP contribution in [-0.4, -0.2) is 25.0 Å². The Morgan fingerprint density at radius 2 is 2.11 bits per heavy atom. The van der Waals surface area contributed by atoms with E-state index in [1.165, 1.54) is 18.2 Å². The fourth-order valence-electron chi connectivity index (χ4n) is 2.51. The van der Waals surface area contributed by atoms with E-state index in [9.17, 15) is 9.18 Å². The predicted octanol–water partition coefficient (Wildman–Crippen LogP) is 2.33. The second kappa shape index (κ2) is 4.12. The molecule has 0 bridgehead atoms. The first-order valence-corrected chi connectivity index (χ1v) is 6.21. The Bertz CT molecular complexity index is 511. The van der Waals surface area contributed by atoms with Crippen molar-refractivity contribution in [1.29, 1.82) is 0 Å². The highest BCUT2D eigenvalue weighted by atomic mass is 19.1. The lowest BCUT2D eigenvalue weighted by Gasteiger charge is -2.37. The lowest BCUT2D eigenvalue weighted by atomic mass is 10.1. The third kappa shape index (κ3) is 1.78. The van der Waals surface area contributed by atoms with Crippen molar-refractivity contribution < 1.29 is 9.18 Å². The minimum absolute atomic E-state index is 0.127. The van der Waals surface area contributed by atoms with Crippen molar-refractivity contribution in [1.82, 2.24) is 0 Å². The molecule has 1 aliphatic carbocycles. The fourth-order valence-corrected chi connectivity index (χ4v) is 2.51. The molecule has 18 heavy (non-hydrogen) atoms. The van der Waals surface area contributed by atoms with Gasteiger partial charge in [-0.3, -0.25) is 4.79 Å². The minimum Gasteiger partial charge on any atom is -0.365 e. The normalized spacial score (nSPS) is 18.5. The molecule has 0 radical (unpaired) electrons. The third-order valence-electron chi connectivity index (χ3n) is 3.53. The summed E-state index contributed by atoms with van der Waals surface area (Å²) in [5, 5.41) is 0. The number of amides is 1. The molecule has 0 spiro atoms. The first kappa shape index (κ1) is 11.3. The van der Waals surface area contributed by atoms with Crippen LogP contribution in [0.25, 0.3) is 0 Å². The van der Waals surface area contributed by atoms with Gasteiger partial charge >= 0.3 is 0 Å². The van der Waals surface area contributed by atoms with Gasteiger partial charge in [0.2, 0.25) is 0 Å². The number of hydrogen-bond acceptors (Lipinski definition) is 2. The number of carbonyl (C=O) groups is 1. The number of halogens is 1. The number of hydrogen-bond donors (Lipinski definition) is 0. The van der Waals surface area contributed by atoms with E-state index in [0.717, 1.165) is 30.8 Å². The van der Waals surface area contributed by atoms with Gasteiger partial charge in [-0.05, 0) is 37.1 Å². The predicted molar refractivity (Wildman–Crippen MR) is 69.3 cm³/mol. The van der Waals surface area contributed by atoms with Crippen LogP contribution in [0.15, 0.2) is 30.9 Å². The number of carbonyl (C=O) groups excluding carboxylic acids is 1. The summed E-state index contributed by atoms with van der Waals surface area (Å²) in [6, 6.07) is 5.13. The molecule has 3 rings (SSSR count). The third-order valence-corrected chi connectivity index (χ3v) is 3.53. The van der Waals surface area contributed by atoms with Crippen molar-refractivity contribution in [2.75, 3.05) is 22.9 Å². The molecule has 0 atom stereocenters. The zero-order valence-electron chi connectivity index (χ0n) is 10.1. The molecule has 3 nitrogen and oxygen atoms in total. The van der Waals surface area contributed by atoms with Crippen molar-refractivity contribution in [3.63, 3.8) is 0 Å². The Balaban J connectivity index is 2.04.